The van der Waals surface area contributed by atoms with Crippen LogP contribution in [-0.4, -0.2) is 59.8 Å². The van der Waals surface area contributed by atoms with Crippen LogP contribution in [0, 0.1) is 5.92 Å². The molecular weight excluding hydrogens is 423 g/mol. The summed E-state index contributed by atoms with van der Waals surface area (Å²) >= 11 is 0.667. The SMILES string of the molecule is CCOC(=O)c1sc(N2CCN(C(=O)OC(C)(C)C)CC2C(C)C)nc1C(F)(F)F. The van der Waals surface area contributed by atoms with Crippen molar-refractivity contribution >= 4 is 28.5 Å². The van der Waals surface area contributed by atoms with Gasteiger partial charge in [-0.1, -0.05) is 25.2 Å². The number of hydrogen-bond acceptors (Lipinski definition) is 7. The van der Waals surface area contributed by atoms with Gasteiger partial charge in [0.2, 0.25) is 0 Å². The number of thiazole rings is 1. The molecule has 1 fully saturated rings. The number of piperazine rings is 1. The smallest absolute Gasteiger partial charge is 0.435 e. The predicted octanol–water partition coefficient (Wildman–Crippen LogP) is 4.42. The maximum Gasteiger partial charge on any atom is 0.435 e. The fourth-order valence-electron chi connectivity index (χ4n) is 3.07. The lowest BCUT2D eigenvalue weighted by Crippen LogP contribution is -2.57. The Morgan fingerprint density at radius 2 is 1.87 bits per heavy atom. The standard InChI is InChI=1S/C19H28F3N3O4S/c1-7-28-15(26)13-14(19(20,21)22)23-16(30-13)25-9-8-24(10-12(25)11(2)3)17(27)29-18(4,5)6/h11-12H,7-10H2,1-6H3. The molecule has 2 rings (SSSR count). The van der Waals surface area contributed by atoms with Crippen molar-refractivity contribution < 1.29 is 32.2 Å². The molecule has 1 aromatic heterocycles. The normalized spacial score (nSPS) is 18.0. The first-order chi connectivity index (χ1) is 13.7. The topological polar surface area (TPSA) is 72.0 Å². The van der Waals surface area contributed by atoms with Crippen molar-refractivity contribution in [2.24, 2.45) is 5.92 Å². The molecule has 1 unspecified atom stereocenters. The lowest BCUT2D eigenvalue weighted by Gasteiger charge is -2.43. The lowest BCUT2D eigenvalue weighted by atomic mass is 10.0. The minimum Gasteiger partial charge on any atom is -0.462 e. The molecule has 2 heterocycles. The van der Waals surface area contributed by atoms with Crippen LogP contribution in [0.15, 0.2) is 0 Å². The number of carbonyl (C=O) groups is 2. The molecule has 0 aliphatic carbocycles. The average molecular weight is 452 g/mol. The first-order valence-corrected chi connectivity index (χ1v) is 10.6. The Hall–Kier alpha value is -2.04. The number of hydrogen-bond donors (Lipinski definition) is 0. The van der Waals surface area contributed by atoms with E-state index in [-0.39, 0.29) is 43.3 Å². The number of ether oxygens (including phenoxy) is 2. The van der Waals surface area contributed by atoms with Gasteiger partial charge in [-0.3, -0.25) is 0 Å². The molecule has 7 nitrogen and oxygen atoms in total. The second-order valence-electron chi connectivity index (χ2n) is 8.32. The molecule has 1 aliphatic rings. The maximum absolute atomic E-state index is 13.5. The number of anilines is 1. The monoisotopic (exact) mass is 451 g/mol. The molecule has 1 aliphatic heterocycles. The summed E-state index contributed by atoms with van der Waals surface area (Å²) in [5.41, 5.74) is -1.88. The van der Waals surface area contributed by atoms with Gasteiger partial charge in [-0.05, 0) is 33.6 Å². The molecule has 1 atom stereocenters. The van der Waals surface area contributed by atoms with Crippen molar-refractivity contribution in [3.05, 3.63) is 10.6 Å². The van der Waals surface area contributed by atoms with Crippen LogP contribution < -0.4 is 4.90 Å². The Morgan fingerprint density at radius 3 is 2.37 bits per heavy atom. The minimum absolute atomic E-state index is 0.0134. The van der Waals surface area contributed by atoms with Crippen LogP contribution in [0.3, 0.4) is 0 Å². The zero-order valence-electron chi connectivity index (χ0n) is 18.0. The van der Waals surface area contributed by atoms with Crippen molar-refractivity contribution in [1.82, 2.24) is 9.88 Å². The summed E-state index contributed by atoms with van der Waals surface area (Å²) in [6.45, 7) is 11.5. The average Bonchev–Trinajstić information content (AvgIpc) is 3.05. The first-order valence-electron chi connectivity index (χ1n) is 9.74. The number of carbonyl (C=O) groups excluding carboxylic acids is 2. The summed E-state index contributed by atoms with van der Waals surface area (Å²) in [6, 6.07) is -0.284. The van der Waals surface area contributed by atoms with E-state index in [9.17, 15) is 22.8 Å². The number of alkyl halides is 3. The fourth-order valence-corrected chi connectivity index (χ4v) is 4.13. The van der Waals surface area contributed by atoms with Gasteiger partial charge in [0, 0.05) is 19.6 Å². The fraction of sp³-hybridized carbons (Fsp3) is 0.737. The maximum atomic E-state index is 13.5. The molecule has 0 radical (unpaired) electrons. The summed E-state index contributed by atoms with van der Waals surface area (Å²) in [6.07, 6.45) is -5.24. The Kier molecular flexibility index (Phi) is 7.26. The molecule has 11 heteroatoms. The Bertz CT molecular complexity index is 774. The van der Waals surface area contributed by atoms with Crippen LogP contribution in [0.5, 0.6) is 0 Å². The molecule has 0 bridgehead atoms. The number of halogens is 3. The van der Waals surface area contributed by atoms with Gasteiger partial charge >= 0.3 is 18.2 Å². The molecule has 1 aromatic rings. The van der Waals surface area contributed by atoms with E-state index in [2.05, 4.69) is 4.98 Å². The van der Waals surface area contributed by atoms with E-state index in [0.29, 0.717) is 11.3 Å². The molecule has 0 aromatic carbocycles. The van der Waals surface area contributed by atoms with Crippen molar-refractivity contribution in [1.29, 1.82) is 0 Å². The quantitative estimate of drug-likeness (QED) is 0.631. The molecule has 0 saturated carbocycles. The third-order valence-corrected chi connectivity index (χ3v) is 5.50. The van der Waals surface area contributed by atoms with Gasteiger partial charge in [0.05, 0.1) is 12.6 Å². The van der Waals surface area contributed by atoms with Gasteiger partial charge in [0.15, 0.2) is 10.8 Å². The Balaban J connectivity index is 2.32. The highest BCUT2D eigenvalue weighted by Gasteiger charge is 2.42. The highest BCUT2D eigenvalue weighted by Crippen LogP contribution is 2.39. The molecule has 1 saturated heterocycles. The first kappa shape index (κ1) is 24.2. The van der Waals surface area contributed by atoms with E-state index in [1.54, 1.807) is 30.6 Å². The van der Waals surface area contributed by atoms with Crippen molar-refractivity contribution in [2.75, 3.05) is 31.1 Å². The van der Waals surface area contributed by atoms with E-state index in [1.807, 2.05) is 13.8 Å². The van der Waals surface area contributed by atoms with Crippen LogP contribution in [-0.2, 0) is 15.7 Å². The second kappa shape index (κ2) is 8.99. The molecule has 170 valence electrons. The van der Waals surface area contributed by atoms with Gasteiger partial charge in [-0.2, -0.15) is 13.2 Å². The van der Waals surface area contributed by atoms with Gasteiger partial charge in [-0.15, -0.1) is 0 Å². The highest BCUT2D eigenvalue weighted by molar-refractivity contribution is 7.17. The lowest BCUT2D eigenvalue weighted by molar-refractivity contribution is -0.141. The minimum atomic E-state index is -4.78. The van der Waals surface area contributed by atoms with E-state index in [1.165, 1.54) is 6.92 Å². The summed E-state index contributed by atoms with van der Waals surface area (Å²) in [7, 11) is 0. The summed E-state index contributed by atoms with van der Waals surface area (Å²) in [5, 5.41) is 0.0907. The van der Waals surface area contributed by atoms with Crippen LogP contribution in [0.4, 0.5) is 23.1 Å². The Labute approximate surface area is 178 Å². The van der Waals surface area contributed by atoms with E-state index >= 15 is 0 Å². The van der Waals surface area contributed by atoms with Crippen molar-refractivity contribution in [2.45, 2.75) is 59.4 Å². The molecule has 0 spiro atoms. The molecule has 1 amide bonds. The summed E-state index contributed by atoms with van der Waals surface area (Å²) < 4.78 is 50.6. The third kappa shape index (κ3) is 5.77. The van der Waals surface area contributed by atoms with E-state index in [4.69, 9.17) is 9.47 Å². The number of aromatic nitrogens is 1. The summed E-state index contributed by atoms with van der Waals surface area (Å²) in [5.74, 6) is -1.03. The van der Waals surface area contributed by atoms with Crippen LogP contribution >= 0.6 is 11.3 Å². The Morgan fingerprint density at radius 1 is 1.23 bits per heavy atom. The van der Waals surface area contributed by atoms with Crippen molar-refractivity contribution in [3.8, 4) is 0 Å². The molecular formula is C19H28F3N3O4S. The second-order valence-corrected chi connectivity index (χ2v) is 9.30. The van der Waals surface area contributed by atoms with Gasteiger partial charge in [-0.25, -0.2) is 14.6 Å². The van der Waals surface area contributed by atoms with E-state index < -0.39 is 34.4 Å². The summed E-state index contributed by atoms with van der Waals surface area (Å²) in [4.78, 5) is 31.0. The van der Waals surface area contributed by atoms with Gasteiger partial charge in [0.25, 0.3) is 0 Å². The number of amides is 1. The van der Waals surface area contributed by atoms with Gasteiger partial charge in [0.1, 0.15) is 10.5 Å². The van der Waals surface area contributed by atoms with Crippen LogP contribution in [0.1, 0.15) is 56.9 Å². The number of nitrogens with zero attached hydrogens (tertiary/aromatic N) is 3. The van der Waals surface area contributed by atoms with Crippen LogP contribution in [0.25, 0.3) is 0 Å². The van der Waals surface area contributed by atoms with Crippen molar-refractivity contribution in [3.63, 3.8) is 0 Å². The van der Waals surface area contributed by atoms with Crippen LogP contribution in [0.2, 0.25) is 0 Å². The van der Waals surface area contributed by atoms with E-state index in [0.717, 1.165) is 0 Å². The largest absolute Gasteiger partial charge is 0.462 e. The zero-order chi connectivity index (χ0) is 22.9. The third-order valence-electron chi connectivity index (χ3n) is 4.43. The number of esters is 1. The molecule has 0 N–H and O–H groups in total. The molecule has 30 heavy (non-hydrogen) atoms. The zero-order valence-corrected chi connectivity index (χ0v) is 18.8. The van der Waals surface area contributed by atoms with Gasteiger partial charge < -0.3 is 19.3 Å². The number of rotatable bonds is 4. The highest BCUT2D eigenvalue weighted by atomic mass is 32.1. The predicted molar refractivity (Wildman–Crippen MR) is 107 cm³/mol.